The fourth-order valence-electron chi connectivity index (χ4n) is 0. The van der Waals surface area contributed by atoms with Crippen LogP contribution in [-0.2, 0) is 9.59 Å². The number of hydrogen-bond donors (Lipinski definition) is 0. The minimum absolute atomic E-state index is 0. The average molecular weight is 262 g/mol. The first kappa shape index (κ1) is 30.4. The third-order valence-corrected chi connectivity index (χ3v) is 1.06. The largest absolute Gasteiger partial charge is 0.300 e. The Balaban J connectivity index is -0.0000000463. The molecule has 0 aliphatic rings. The molecule has 0 amide bonds. The van der Waals surface area contributed by atoms with Gasteiger partial charge in [-0.05, 0) is 26.2 Å². The Hall–Kier alpha value is -0.660. The molecular weight excluding hydrogens is 224 g/mol. The summed E-state index contributed by atoms with van der Waals surface area (Å²) in [5, 5.41) is 0. The van der Waals surface area contributed by atoms with Gasteiger partial charge in [0.25, 0.3) is 0 Å². The smallest absolute Gasteiger partial charge is 0.135 e. The van der Waals surface area contributed by atoms with E-state index >= 15 is 0 Å². The highest BCUT2D eigenvalue weighted by Gasteiger charge is 2.14. The number of carbonyl (C=O) groups is 2. The molecule has 0 heterocycles. The van der Waals surface area contributed by atoms with E-state index in [1.165, 1.54) is 13.8 Å². The summed E-state index contributed by atoms with van der Waals surface area (Å²) in [5.74, 6) is 0.410. The van der Waals surface area contributed by atoms with Gasteiger partial charge in [-0.3, -0.25) is 4.79 Å². The molecule has 0 saturated carbocycles. The molecule has 2 nitrogen and oxygen atoms in total. The second kappa shape index (κ2) is 12.8. The summed E-state index contributed by atoms with van der Waals surface area (Å²) in [6.45, 7) is 19.2. The van der Waals surface area contributed by atoms with Crippen LogP contribution in [0.5, 0.6) is 0 Å². The van der Waals surface area contributed by atoms with Crippen molar-refractivity contribution in [1.29, 1.82) is 0 Å². The summed E-state index contributed by atoms with van der Waals surface area (Å²) in [6, 6.07) is 0. The molecule has 2 heteroatoms. The number of Topliss-reactive ketones (excluding diaryl/α,β-unsaturated/α-hetero) is 2. The van der Waals surface area contributed by atoms with Crippen LogP contribution in [0.25, 0.3) is 0 Å². The van der Waals surface area contributed by atoms with Crippen molar-refractivity contribution in [3.8, 4) is 0 Å². The lowest BCUT2D eigenvalue weighted by molar-refractivity contribution is -0.124. The van der Waals surface area contributed by atoms with Crippen LogP contribution in [0.1, 0.15) is 84.1 Å². The van der Waals surface area contributed by atoms with E-state index in [2.05, 4.69) is 27.7 Å². The van der Waals surface area contributed by atoms with Crippen molar-refractivity contribution >= 4 is 11.6 Å². The van der Waals surface area contributed by atoms with Gasteiger partial charge in [0.1, 0.15) is 11.6 Å². The van der Waals surface area contributed by atoms with Crippen LogP contribution in [0.3, 0.4) is 0 Å². The zero-order chi connectivity index (χ0) is 14.2. The van der Waals surface area contributed by atoms with Gasteiger partial charge >= 0.3 is 0 Å². The topological polar surface area (TPSA) is 34.1 Å². The van der Waals surface area contributed by atoms with Crippen molar-refractivity contribution in [2.24, 2.45) is 10.8 Å². The van der Waals surface area contributed by atoms with Gasteiger partial charge < -0.3 is 4.79 Å². The van der Waals surface area contributed by atoms with Gasteiger partial charge in [0.15, 0.2) is 0 Å². The maximum atomic E-state index is 10.5. The molecule has 0 atom stereocenters. The summed E-state index contributed by atoms with van der Waals surface area (Å²) in [6.07, 6.45) is 0. The lowest BCUT2D eigenvalue weighted by Crippen LogP contribution is -2.15. The molecule has 18 heavy (non-hydrogen) atoms. The van der Waals surface area contributed by atoms with Crippen molar-refractivity contribution in [3.05, 3.63) is 0 Å². The molecule has 114 valence electrons. The van der Waals surface area contributed by atoms with Gasteiger partial charge in [-0.2, -0.15) is 0 Å². The van der Waals surface area contributed by atoms with E-state index in [9.17, 15) is 9.59 Å². The minimum atomic E-state index is -0.139. The van der Waals surface area contributed by atoms with Gasteiger partial charge in [-0.25, -0.2) is 0 Å². The Morgan fingerprint density at radius 3 is 0.722 bits per heavy atom. The molecular formula is C16H38O2. The maximum Gasteiger partial charge on any atom is 0.135 e. The highest BCUT2D eigenvalue weighted by Crippen LogP contribution is 2.12. The van der Waals surface area contributed by atoms with E-state index in [0.717, 1.165) is 0 Å². The molecule has 0 saturated heterocycles. The first-order valence-corrected chi connectivity index (χ1v) is 5.66. The van der Waals surface area contributed by atoms with E-state index in [4.69, 9.17) is 0 Å². The lowest BCUT2D eigenvalue weighted by atomic mass is 9.92. The molecule has 0 unspecified atom stereocenters. The molecule has 0 N–H and O–H groups in total. The second-order valence-electron chi connectivity index (χ2n) is 6.71. The van der Waals surface area contributed by atoms with E-state index in [1.54, 1.807) is 6.92 Å². The summed E-state index contributed by atoms with van der Waals surface area (Å²) in [7, 11) is 0. The summed E-state index contributed by atoms with van der Waals surface area (Å²) in [4.78, 5) is 19.9. The molecule has 0 rings (SSSR count). The fraction of sp³-hybridized carbons (Fsp3) is 0.875. The Morgan fingerprint density at radius 1 is 0.667 bits per heavy atom. The number of rotatable bonds is 0. The second-order valence-corrected chi connectivity index (χ2v) is 6.71. The van der Waals surface area contributed by atoms with Gasteiger partial charge in [-0.15, -0.1) is 0 Å². The van der Waals surface area contributed by atoms with E-state index in [-0.39, 0.29) is 31.8 Å². The monoisotopic (exact) mass is 262 g/mol. The van der Waals surface area contributed by atoms with Crippen LogP contribution < -0.4 is 0 Å². The van der Waals surface area contributed by atoms with E-state index in [1.807, 2.05) is 20.8 Å². The van der Waals surface area contributed by atoms with Gasteiger partial charge in [0, 0.05) is 5.41 Å². The molecule has 0 fully saturated rings. The van der Waals surface area contributed by atoms with Crippen molar-refractivity contribution in [2.75, 3.05) is 0 Å². The highest BCUT2D eigenvalue weighted by molar-refractivity contribution is 5.80. The van der Waals surface area contributed by atoms with Crippen LogP contribution in [0.15, 0.2) is 0 Å². The van der Waals surface area contributed by atoms with Gasteiger partial charge in [-0.1, -0.05) is 63.3 Å². The predicted octanol–water partition coefficient (Wildman–Crippen LogP) is 5.54. The minimum Gasteiger partial charge on any atom is -0.300 e. The molecule has 0 aromatic heterocycles. The molecule has 0 bridgehead atoms. The summed E-state index contributed by atoms with van der Waals surface area (Å²) in [5.41, 5.74) is 0.361. The molecule has 0 spiro atoms. The van der Waals surface area contributed by atoms with Crippen molar-refractivity contribution < 1.29 is 9.59 Å². The predicted molar refractivity (Wildman–Crippen MR) is 85.1 cm³/mol. The van der Waals surface area contributed by atoms with E-state index in [0.29, 0.717) is 5.41 Å². The zero-order valence-corrected chi connectivity index (χ0v) is 12.8. The summed E-state index contributed by atoms with van der Waals surface area (Å²) >= 11 is 0. The molecule has 0 aliphatic heterocycles. The molecule has 0 aromatic carbocycles. The first-order chi connectivity index (χ1) is 6.68. The molecule has 0 aliphatic carbocycles. The Labute approximate surface area is 117 Å². The van der Waals surface area contributed by atoms with Crippen LogP contribution >= 0.6 is 0 Å². The first-order valence-electron chi connectivity index (χ1n) is 5.66. The van der Waals surface area contributed by atoms with E-state index < -0.39 is 0 Å². The molecule has 0 radical (unpaired) electrons. The standard InChI is InChI=1S/C6H12O.C5H12.C3H6O.2CH4/c1-5(7)6(2,3)4;1-5(2,3)4;1-3(2)4;;/h1-4H3;1-4H3;1-2H3;2*1H4. The van der Waals surface area contributed by atoms with Crippen molar-refractivity contribution in [3.63, 3.8) is 0 Å². The third-order valence-electron chi connectivity index (χ3n) is 1.06. The highest BCUT2D eigenvalue weighted by atomic mass is 16.1. The Morgan fingerprint density at radius 2 is 0.722 bits per heavy atom. The zero-order valence-electron chi connectivity index (χ0n) is 12.8. The van der Waals surface area contributed by atoms with Crippen LogP contribution in [0, 0.1) is 10.8 Å². The van der Waals surface area contributed by atoms with Crippen LogP contribution in [-0.4, -0.2) is 11.6 Å². The van der Waals surface area contributed by atoms with Crippen LogP contribution in [0.2, 0.25) is 0 Å². The Kier molecular flexibility index (Phi) is 21.6. The number of ketones is 2. The number of hydrogen-bond acceptors (Lipinski definition) is 2. The maximum absolute atomic E-state index is 10.5. The Bertz CT molecular complexity index is 192. The van der Waals surface area contributed by atoms with Crippen LogP contribution in [0.4, 0.5) is 0 Å². The third kappa shape index (κ3) is 111. The fourth-order valence-corrected chi connectivity index (χ4v) is 0. The normalized spacial score (nSPS) is 9.22. The average Bonchev–Trinajstić information content (AvgIpc) is 1.77. The lowest BCUT2D eigenvalue weighted by Gasteiger charge is -2.11. The quantitative estimate of drug-likeness (QED) is 0.574. The summed E-state index contributed by atoms with van der Waals surface area (Å²) < 4.78 is 0. The van der Waals surface area contributed by atoms with Gasteiger partial charge in [0.05, 0.1) is 0 Å². The van der Waals surface area contributed by atoms with Crippen molar-refractivity contribution in [2.45, 2.75) is 84.1 Å². The molecule has 0 aromatic rings. The SMILES string of the molecule is C.C.CC(=O)C(C)(C)C.CC(C)(C)C.CC(C)=O. The number of carbonyl (C=O) groups excluding carboxylic acids is 2. The van der Waals surface area contributed by atoms with Crippen molar-refractivity contribution in [1.82, 2.24) is 0 Å². The van der Waals surface area contributed by atoms with Gasteiger partial charge in [0.2, 0.25) is 0 Å².